The fourth-order valence-corrected chi connectivity index (χ4v) is 1.56. The van der Waals surface area contributed by atoms with Crippen LogP contribution >= 0.6 is 0 Å². The second-order valence-electron chi connectivity index (χ2n) is 3.80. The number of benzene rings is 1. The Labute approximate surface area is 103 Å². The first-order valence-electron chi connectivity index (χ1n) is 5.92. The van der Waals surface area contributed by atoms with Gasteiger partial charge in [-0.15, -0.1) is 6.58 Å². The predicted octanol–water partition coefficient (Wildman–Crippen LogP) is 2.54. The molecule has 3 nitrogen and oxygen atoms in total. The molecule has 0 aliphatic heterocycles. The van der Waals surface area contributed by atoms with Crippen molar-refractivity contribution in [3.05, 3.63) is 36.4 Å². The minimum Gasteiger partial charge on any atom is -0.493 e. The molecule has 0 fully saturated rings. The molecule has 0 saturated carbocycles. The molecule has 0 unspecified atom stereocenters. The molecule has 1 rings (SSSR count). The summed E-state index contributed by atoms with van der Waals surface area (Å²) in [5, 5.41) is 0. The maximum atomic E-state index is 5.66. The van der Waals surface area contributed by atoms with Crippen LogP contribution < -0.4 is 15.2 Å². The quantitative estimate of drug-likeness (QED) is 0.556. The molecule has 2 N–H and O–H groups in total. The van der Waals surface area contributed by atoms with E-state index in [0.717, 1.165) is 30.8 Å². The number of hydrogen-bond acceptors (Lipinski definition) is 3. The first-order chi connectivity index (χ1) is 8.31. The Hall–Kier alpha value is -1.48. The van der Waals surface area contributed by atoms with E-state index in [-0.39, 0.29) is 0 Å². The standard InChI is InChI=1S/C14H21NO2/c1-3-4-5-10-17-13-7-6-12(8-9-15)11-14(13)16-2/h3,6-7,11H,1,4-5,8-10,15H2,2H3. The van der Waals surface area contributed by atoms with Crippen LogP contribution in [0.3, 0.4) is 0 Å². The number of nitrogens with two attached hydrogens (primary N) is 1. The number of hydrogen-bond donors (Lipinski definition) is 1. The third-order valence-electron chi connectivity index (χ3n) is 2.47. The molecule has 0 radical (unpaired) electrons. The van der Waals surface area contributed by atoms with Gasteiger partial charge in [-0.25, -0.2) is 0 Å². The largest absolute Gasteiger partial charge is 0.493 e. The molecular weight excluding hydrogens is 214 g/mol. The Morgan fingerprint density at radius 2 is 2.18 bits per heavy atom. The van der Waals surface area contributed by atoms with E-state index in [1.807, 2.05) is 24.3 Å². The van der Waals surface area contributed by atoms with Crippen molar-refractivity contribution in [2.45, 2.75) is 19.3 Å². The van der Waals surface area contributed by atoms with Gasteiger partial charge in [-0.2, -0.15) is 0 Å². The Bertz CT molecular complexity index is 350. The maximum Gasteiger partial charge on any atom is 0.161 e. The molecule has 0 atom stereocenters. The Kier molecular flexibility index (Phi) is 6.18. The summed E-state index contributed by atoms with van der Waals surface area (Å²) in [4.78, 5) is 0. The zero-order valence-corrected chi connectivity index (χ0v) is 10.4. The van der Waals surface area contributed by atoms with Gasteiger partial charge in [0.15, 0.2) is 11.5 Å². The van der Waals surface area contributed by atoms with Gasteiger partial charge in [-0.05, 0) is 43.5 Å². The summed E-state index contributed by atoms with van der Waals surface area (Å²) in [5.74, 6) is 1.56. The second-order valence-corrected chi connectivity index (χ2v) is 3.80. The normalized spacial score (nSPS) is 10.0. The number of ether oxygens (including phenoxy) is 2. The van der Waals surface area contributed by atoms with Gasteiger partial charge in [-0.3, -0.25) is 0 Å². The summed E-state index contributed by atoms with van der Waals surface area (Å²) in [6.07, 6.45) is 4.68. The van der Waals surface area contributed by atoms with E-state index >= 15 is 0 Å². The van der Waals surface area contributed by atoms with Crippen LogP contribution in [0.15, 0.2) is 30.9 Å². The van der Waals surface area contributed by atoms with Gasteiger partial charge >= 0.3 is 0 Å². The van der Waals surface area contributed by atoms with Crippen molar-refractivity contribution in [3.63, 3.8) is 0 Å². The second kappa shape index (κ2) is 7.74. The molecular formula is C14H21NO2. The molecule has 17 heavy (non-hydrogen) atoms. The lowest BCUT2D eigenvalue weighted by Crippen LogP contribution is -2.04. The lowest BCUT2D eigenvalue weighted by Gasteiger charge is -2.11. The summed E-state index contributed by atoms with van der Waals surface area (Å²) in [6.45, 7) is 5.00. The van der Waals surface area contributed by atoms with Crippen molar-refractivity contribution in [1.82, 2.24) is 0 Å². The van der Waals surface area contributed by atoms with Crippen LogP contribution in [0.5, 0.6) is 11.5 Å². The first kappa shape index (κ1) is 13.6. The smallest absolute Gasteiger partial charge is 0.161 e. The third kappa shape index (κ3) is 4.49. The highest BCUT2D eigenvalue weighted by Crippen LogP contribution is 2.28. The average molecular weight is 235 g/mol. The number of unbranched alkanes of at least 4 members (excludes halogenated alkanes) is 1. The fraction of sp³-hybridized carbons (Fsp3) is 0.429. The molecule has 1 aromatic rings. The third-order valence-corrected chi connectivity index (χ3v) is 2.47. The molecule has 94 valence electrons. The van der Waals surface area contributed by atoms with E-state index in [0.29, 0.717) is 13.2 Å². The van der Waals surface area contributed by atoms with Gasteiger partial charge in [0.1, 0.15) is 0 Å². The van der Waals surface area contributed by atoms with Gasteiger partial charge in [0.05, 0.1) is 13.7 Å². The van der Waals surface area contributed by atoms with Gasteiger partial charge < -0.3 is 15.2 Å². The molecule has 0 heterocycles. The zero-order chi connectivity index (χ0) is 12.5. The van der Waals surface area contributed by atoms with Crippen LogP contribution in [0.4, 0.5) is 0 Å². The number of allylic oxidation sites excluding steroid dienone is 1. The summed E-state index contributed by atoms with van der Waals surface area (Å²) in [6, 6.07) is 5.95. The van der Waals surface area contributed by atoms with Crippen molar-refractivity contribution >= 4 is 0 Å². The summed E-state index contributed by atoms with van der Waals surface area (Å²) in [7, 11) is 1.65. The first-order valence-corrected chi connectivity index (χ1v) is 5.92. The van der Waals surface area contributed by atoms with E-state index in [2.05, 4.69) is 6.58 Å². The zero-order valence-electron chi connectivity index (χ0n) is 10.4. The number of rotatable bonds is 8. The summed E-state index contributed by atoms with van der Waals surface area (Å²) in [5.41, 5.74) is 6.69. The Morgan fingerprint density at radius 1 is 1.35 bits per heavy atom. The van der Waals surface area contributed by atoms with E-state index in [4.69, 9.17) is 15.2 Å². The molecule has 0 spiro atoms. The molecule has 0 aliphatic rings. The van der Waals surface area contributed by atoms with Gasteiger partial charge in [0.25, 0.3) is 0 Å². The molecule has 0 bridgehead atoms. The van der Waals surface area contributed by atoms with Crippen molar-refractivity contribution in [3.8, 4) is 11.5 Å². The lowest BCUT2D eigenvalue weighted by molar-refractivity contribution is 0.290. The van der Waals surface area contributed by atoms with Crippen LogP contribution in [0.2, 0.25) is 0 Å². The Morgan fingerprint density at radius 3 is 2.82 bits per heavy atom. The molecule has 0 aliphatic carbocycles. The molecule has 0 amide bonds. The summed E-state index contributed by atoms with van der Waals surface area (Å²) >= 11 is 0. The highest BCUT2D eigenvalue weighted by molar-refractivity contribution is 5.43. The minimum absolute atomic E-state index is 0.642. The van der Waals surface area contributed by atoms with Gasteiger partial charge in [0.2, 0.25) is 0 Å². The van der Waals surface area contributed by atoms with Crippen LogP contribution in [0.25, 0.3) is 0 Å². The minimum atomic E-state index is 0.642. The van der Waals surface area contributed by atoms with Gasteiger partial charge in [-0.1, -0.05) is 12.1 Å². The Balaban J connectivity index is 2.61. The van der Waals surface area contributed by atoms with E-state index in [1.165, 1.54) is 5.56 Å². The topological polar surface area (TPSA) is 44.5 Å². The molecule has 3 heteroatoms. The van der Waals surface area contributed by atoms with Crippen molar-refractivity contribution < 1.29 is 9.47 Å². The maximum absolute atomic E-state index is 5.66. The fourth-order valence-electron chi connectivity index (χ4n) is 1.56. The van der Waals surface area contributed by atoms with Crippen LogP contribution in [-0.4, -0.2) is 20.3 Å². The SMILES string of the molecule is C=CCCCOc1ccc(CCN)cc1OC. The lowest BCUT2D eigenvalue weighted by atomic mass is 10.1. The van der Waals surface area contributed by atoms with Crippen LogP contribution in [0.1, 0.15) is 18.4 Å². The number of methoxy groups -OCH3 is 1. The average Bonchev–Trinajstić information content (AvgIpc) is 2.36. The monoisotopic (exact) mass is 235 g/mol. The predicted molar refractivity (Wildman–Crippen MR) is 70.7 cm³/mol. The van der Waals surface area contributed by atoms with E-state index in [1.54, 1.807) is 7.11 Å². The van der Waals surface area contributed by atoms with E-state index < -0.39 is 0 Å². The molecule has 0 aromatic heterocycles. The van der Waals surface area contributed by atoms with Crippen LogP contribution in [-0.2, 0) is 6.42 Å². The van der Waals surface area contributed by atoms with E-state index in [9.17, 15) is 0 Å². The van der Waals surface area contributed by atoms with Crippen LogP contribution in [0, 0.1) is 0 Å². The highest BCUT2D eigenvalue weighted by Gasteiger charge is 2.05. The highest BCUT2D eigenvalue weighted by atomic mass is 16.5. The van der Waals surface area contributed by atoms with Crippen molar-refractivity contribution in [2.75, 3.05) is 20.3 Å². The molecule has 1 aromatic carbocycles. The summed E-state index contributed by atoms with van der Waals surface area (Å²) < 4.78 is 11.0. The van der Waals surface area contributed by atoms with Crippen molar-refractivity contribution in [2.24, 2.45) is 5.73 Å². The molecule has 0 saturated heterocycles. The van der Waals surface area contributed by atoms with Crippen molar-refractivity contribution in [1.29, 1.82) is 0 Å². The van der Waals surface area contributed by atoms with Gasteiger partial charge in [0, 0.05) is 0 Å².